The van der Waals surface area contributed by atoms with Crippen LogP contribution < -0.4 is 24.8 Å². The number of halogens is 2. The van der Waals surface area contributed by atoms with Gasteiger partial charge in [-0.05, 0) is 36.5 Å². The molecule has 4 rings (SSSR count). The fourth-order valence-electron chi connectivity index (χ4n) is 4.90. The Morgan fingerprint density at radius 2 is 0.816 bits per heavy atom. The van der Waals surface area contributed by atoms with E-state index in [-0.39, 0.29) is 77.2 Å². The van der Waals surface area contributed by atoms with Crippen molar-refractivity contribution in [2.24, 2.45) is 0 Å². The Hall–Kier alpha value is 0.00623. The van der Waals surface area contributed by atoms with Crippen LogP contribution in [0.2, 0.25) is 0 Å². The van der Waals surface area contributed by atoms with E-state index in [1.165, 1.54) is 54.9 Å². The molecule has 204 valence electrons. The van der Waals surface area contributed by atoms with Gasteiger partial charge in [-0.3, -0.25) is 0 Å². The molecule has 0 saturated heterocycles. The van der Waals surface area contributed by atoms with Gasteiger partial charge in [-0.25, -0.2) is 0 Å². The van der Waals surface area contributed by atoms with Gasteiger partial charge in [0, 0.05) is 0 Å². The predicted molar refractivity (Wildman–Crippen MR) is 154 cm³/mol. The molecule has 4 aromatic rings. The molecule has 0 nitrogen and oxygen atoms in total. The summed E-state index contributed by atoms with van der Waals surface area (Å²) in [6.07, 6.45) is 2.26. The van der Waals surface area contributed by atoms with Gasteiger partial charge >= 0.3 is 52.4 Å². The van der Waals surface area contributed by atoms with Crippen molar-refractivity contribution >= 4 is 21.5 Å². The average molecular weight is 708 g/mol. The summed E-state index contributed by atoms with van der Waals surface area (Å²) >= 11 is 0. The fourth-order valence-corrected chi connectivity index (χ4v) is 4.90. The molecule has 0 radical (unpaired) electrons. The summed E-state index contributed by atoms with van der Waals surface area (Å²) < 4.78 is 0. The summed E-state index contributed by atoms with van der Waals surface area (Å²) in [5.41, 5.74) is 8.87. The molecule has 38 heavy (non-hydrogen) atoms. The number of aryl methyl sites for hydroxylation is 2. The molecule has 0 atom stereocenters. The van der Waals surface area contributed by atoms with Crippen LogP contribution in [-0.2, 0) is 65.2 Å². The van der Waals surface area contributed by atoms with Crippen LogP contribution in [0.25, 0.3) is 21.5 Å². The maximum atomic E-state index is 2.40. The maximum Gasteiger partial charge on any atom is 2.00 e. The summed E-state index contributed by atoms with van der Waals surface area (Å²) in [5.74, 6) is 2.42. The van der Waals surface area contributed by atoms with Gasteiger partial charge in [0.1, 0.15) is 0 Å². The van der Waals surface area contributed by atoms with E-state index in [1.54, 1.807) is 0 Å². The first kappa shape index (κ1) is 40.1. The van der Waals surface area contributed by atoms with Crippen LogP contribution in [0.15, 0.2) is 48.5 Å². The second-order valence-corrected chi connectivity index (χ2v) is 11.3. The number of benzene rings is 2. The van der Waals surface area contributed by atoms with E-state index in [2.05, 4.69) is 118 Å². The Morgan fingerprint density at radius 3 is 1.05 bits per heavy atom. The molecule has 4 aromatic carbocycles. The van der Waals surface area contributed by atoms with Gasteiger partial charge in [0.2, 0.25) is 0 Å². The molecule has 0 aliphatic rings. The molecule has 0 N–H and O–H groups in total. The number of fused-ring (bicyclic) bond motifs is 2. The van der Waals surface area contributed by atoms with Crippen molar-refractivity contribution in [2.75, 3.05) is 0 Å². The summed E-state index contributed by atoms with van der Waals surface area (Å²) in [7, 11) is 0. The second-order valence-electron chi connectivity index (χ2n) is 11.3. The van der Waals surface area contributed by atoms with Gasteiger partial charge < -0.3 is 24.8 Å². The topological polar surface area (TPSA) is 0 Å². The van der Waals surface area contributed by atoms with Crippen LogP contribution in [0.4, 0.5) is 0 Å². The summed E-state index contributed by atoms with van der Waals surface area (Å²) in [6.45, 7) is 22.7. The van der Waals surface area contributed by atoms with Crippen LogP contribution >= 0.6 is 0 Å². The molecule has 0 amide bonds. The quantitative estimate of drug-likeness (QED) is 0.255. The fraction of sp³-hybridized carbons (Fsp3) is 0.471. The van der Waals surface area contributed by atoms with Gasteiger partial charge in [0.05, 0.1) is 0 Å². The third-order valence-corrected chi connectivity index (χ3v) is 7.27. The molecule has 0 heterocycles. The van der Waals surface area contributed by atoms with E-state index < -0.39 is 0 Å². The van der Waals surface area contributed by atoms with Crippen molar-refractivity contribution in [1.29, 1.82) is 0 Å². The van der Waals surface area contributed by atoms with E-state index in [9.17, 15) is 0 Å². The van der Waals surface area contributed by atoms with Crippen LogP contribution in [0, 0.1) is 0 Å². The van der Waals surface area contributed by atoms with Gasteiger partial charge in [-0.2, -0.15) is 12.1 Å². The van der Waals surface area contributed by atoms with Crippen molar-refractivity contribution in [3.05, 3.63) is 81.9 Å². The zero-order chi connectivity index (χ0) is 25.2. The molecule has 0 bridgehead atoms. The Balaban J connectivity index is 0. The molecule has 0 fully saturated rings. The van der Waals surface area contributed by atoms with Crippen LogP contribution in [0.1, 0.15) is 126 Å². The van der Waals surface area contributed by atoms with E-state index in [0.29, 0.717) is 23.7 Å². The van der Waals surface area contributed by atoms with Crippen molar-refractivity contribution < 1.29 is 77.2 Å². The number of rotatable bonds is 6. The smallest absolute Gasteiger partial charge is 1.00 e. The van der Waals surface area contributed by atoms with Gasteiger partial charge in [0.25, 0.3) is 0 Å². The van der Waals surface area contributed by atoms with E-state index in [0.717, 1.165) is 12.8 Å². The first-order chi connectivity index (χ1) is 16.0. The minimum absolute atomic E-state index is 0. The van der Waals surface area contributed by atoms with Crippen LogP contribution in [0.5, 0.6) is 0 Å². The molecule has 0 saturated carbocycles. The van der Waals surface area contributed by atoms with Crippen molar-refractivity contribution in [2.45, 2.75) is 106 Å². The first-order valence-corrected chi connectivity index (χ1v) is 13.5. The van der Waals surface area contributed by atoms with E-state index in [1.807, 2.05) is 0 Å². The van der Waals surface area contributed by atoms with Gasteiger partial charge in [-0.1, -0.05) is 104 Å². The number of hydrogen-bond donors (Lipinski definition) is 0. The molecule has 0 spiro atoms. The zero-order valence-electron chi connectivity index (χ0n) is 25.1. The average Bonchev–Trinajstić information content (AvgIpc) is 3.40. The molecular weight excluding hydrogens is 662 g/mol. The maximum absolute atomic E-state index is 2.40. The molecular formula is C34H46Cl2Zr2. The van der Waals surface area contributed by atoms with Gasteiger partial charge in [-0.15, -0.1) is 56.9 Å². The second kappa shape index (κ2) is 17.7. The third-order valence-electron chi connectivity index (χ3n) is 7.27. The Morgan fingerprint density at radius 1 is 0.500 bits per heavy atom. The molecule has 0 aliphatic heterocycles. The van der Waals surface area contributed by atoms with Gasteiger partial charge in [0.15, 0.2) is 0 Å². The standard InChI is InChI=1S/2C17H23.2ClH.2Zr/c2*1-6-13-7-15-9-14(11(2)3)10-16(12(4)5)17(15)8-13;;;;/h2*7-12H,6H2,1-5H3;2*1H;;/q2*-1;;;2*+2/p-2. The van der Waals surface area contributed by atoms with Crippen molar-refractivity contribution in [3.8, 4) is 0 Å². The van der Waals surface area contributed by atoms with Crippen molar-refractivity contribution in [1.82, 2.24) is 0 Å². The largest absolute Gasteiger partial charge is 2.00 e. The third kappa shape index (κ3) is 9.54. The summed E-state index contributed by atoms with van der Waals surface area (Å²) in [6, 6.07) is 19.0. The Kier molecular flexibility index (Phi) is 18.7. The van der Waals surface area contributed by atoms with E-state index in [4.69, 9.17) is 0 Å². The predicted octanol–water partition coefficient (Wildman–Crippen LogP) is 4.74. The zero-order valence-corrected chi connectivity index (χ0v) is 31.5. The number of hydrogen-bond acceptors (Lipinski definition) is 0. The van der Waals surface area contributed by atoms with E-state index >= 15 is 0 Å². The first-order valence-electron chi connectivity index (χ1n) is 13.5. The molecule has 0 unspecified atom stereocenters. The Labute approximate surface area is 283 Å². The van der Waals surface area contributed by atoms with Crippen LogP contribution in [-0.4, -0.2) is 0 Å². The van der Waals surface area contributed by atoms with Crippen LogP contribution in [0.3, 0.4) is 0 Å². The SMILES string of the molecule is CCc1cc2c(C(C)C)cc(C(C)C)cc2[cH-]1.CCc1cc2c(C(C)C)cc(C(C)C)cc2[cH-]1.[Cl-].[Cl-].[Zr+2].[Zr+2]. The van der Waals surface area contributed by atoms with Crippen molar-refractivity contribution in [3.63, 3.8) is 0 Å². The Bertz CT molecular complexity index is 1140. The molecule has 4 heteroatoms. The summed E-state index contributed by atoms with van der Waals surface area (Å²) in [4.78, 5) is 0. The minimum atomic E-state index is 0. The summed E-state index contributed by atoms with van der Waals surface area (Å²) in [5, 5.41) is 5.77. The minimum Gasteiger partial charge on any atom is -1.00 e. The molecule has 0 aliphatic carbocycles. The normalized spacial score (nSPS) is 10.7. The molecule has 0 aromatic heterocycles. The monoisotopic (exact) mass is 704 g/mol.